The minimum absolute atomic E-state index is 0.0263. The number of rotatable bonds is 5. The maximum Gasteiger partial charge on any atom is 0.268 e. The van der Waals surface area contributed by atoms with Crippen molar-refractivity contribution in [2.24, 2.45) is 0 Å². The molecule has 0 amide bonds. The molecule has 0 aliphatic rings. The van der Waals surface area contributed by atoms with Gasteiger partial charge in [0, 0.05) is 28.1 Å². The molecule has 0 unspecified atom stereocenters. The summed E-state index contributed by atoms with van der Waals surface area (Å²) in [5.41, 5.74) is 1.53. The summed E-state index contributed by atoms with van der Waals surface area (Å²) in [6, 6.07) is 20.5. The summed E-state index contributed by atoms with van der Waals surface area (Å²) >= 11 is 13.0. The van der Waals surface area contributed by atoms with E-state index in [2.05, 4.69) is 4.98 Å². The number of H-pyrrole nitrogens is 1. The Balaban J connectivity index is 1.96. The molecule has 1 aromatic heterocycles. The van der Waals surface area contributed by atoms with Crippen molar-refractivity contribution in [3.05, 3.63) is 88.5 Å². The summed E-state index contributed by atoms with van der Waals surface area (Å²) in [5.74, 6) is 0.275. The fourth-order valence-electron chi connectivity index (χ4n) is 4.60. The zero-order chi connectivity index (χ0) is 27.4. The molecule has 0 saturated carbocycles. The number of aromatic amines is 1. The van der Waals surface area contributed by atoms with Gasteiger partial charge < -0.3 is 14.8 Å². The average Bonchev–Trinajstić information content (AvgIpc) is 3.27. The van der Waals surface area contributed by atoms with Crippen LogP contribution in [0.5, 0.6) is 11.5 Å². The first-order valence-corrected chi connectivity index (χ1v) is 14.0. The van der Waals surface area contributed by atoms with Crippen LogP contribution in [0.1, 0.15) is 26.5 Å². The first-order chi connectivity index (χ1) is 17.9. The van der Waals surface area contributed by atoms with Crippen LogP contribution in [-0.4, -0.2) is 25.6 Å². The minimum atomic E-state index is -4.26. The maximum absolute atomic E-state index is 14.5. The lowest BCUT2D eigenvalue weighted by Crippen LogP contribution is -2.29. The van der Waals surface area contributed by atoms with E-state index in [9.17, 15) is 13.5 Å². The van der Waals surface area contributed by atoms with E-state index in [1.807, 2.05) is 57.2 Å². The number of halogens is 2. The molecule has 0 bridgehead atoms. The molecule has 5 aromatic rings. The van der Waals surface area contributed by atoms with Crippen LogP contribution in [0.2, 0.25) is 10.0 Å². The molecule has 196 valence electrons. The van der Waals surface area contributed by atoms with E-state index in [0.29, 0.717) is 17.1 Å². The number of nitrogens with zero attached hydrogens (tertiary/aromatic N) is 1. The van der Waals surface area contributed by atoms with Crippen molar-refractivity contribution in [3.8, 4) is 11.5 Å². The third-order valence-corrected chi connectivity index (χ3v) is 8.78. The number of anilines is 2. The summed E-state index contributed by atoms with van der Waals surface area (Å²) in [6.07, 6.45) is 0. The van der Waals surface area contributed by atoms with Gasteiger partial charge in [-0.25, -0.2) is 12.7 Å². The number of hydrogen-bond acceptors (Lipinski definition) is 4. The Bertz CT molecular complexity index is 1790. The van der Waals surface area contributed by atoms with Gasteiger partial charge in [0.25, 0.3) is 10.0 Å². The zero-order valence-electron chi connectivity index (χ0n) is 21.2. The van der Waals surface area contributed by atoms with Crippen LogP contribution < -0.4 is 9.04 Å². The lowest BCUT2D eigenvalue weighted by atomic mass is 9.90. The van der Waals surface area contributed by atoms with Gasteiger partial charge in [-0.3, -0.25) is 0 Å². The number of phenols is 1. The topological polar surface area (TPSA) is 82.6 Å². The standard InChI is InChI=1S/C29H26Cl2N2O4S/c1-29(2,3)28-27(26-20-8-6-5-7-17(20)9-14-23(26)32-28)33(24-15-22(31)25(34)16-21(24)30)38(35,36)19-12-10-18(37-4)11-13-19/h5-16,32,34H,1-4H3. The number of fused-ring (bicyclic) bond motifs is 3. The Kier molecular flexibility index (Phi) is 6.50. The predicted molar refractivity (Wildman–Crippen MR) is 155 cm³/mol. The lowest BCUT2D eigenvalue weighted by Gasteiger charge is -2.30. The Hall–Kier alpha value is -3.39. The van der Waals surface area contributed by atoms with Gasteiger partial charge in [-0.1, -0.05) is 74.3 Å². The van der Waals surface area contributed by atoms with Gasteiger partial charge >= 0.3 is 0 Å². The monoisotopic (exact) mass is 568 g/mol. The van der Waals surface area contributed by atoms with Crippen LogP contribution in [0.15, 0.2) is 77.7 Å². The Morgan fingerprint density at radius 2 is 1.61 bits per heavy atom. The van der Waals surface area contributed by atoms with E-state index in [1.54, 1.807) is 12.1 Å². The van der Waals surface area contributed by atoms with Crippen LogP contribution in [0, 0.1) is 0 Å². The van der Waals surface area contributed by atoms with Crippen LogP contribution in [-0.2, 0) is 15.4 Å². The van der Waals surface area contributed by atoms with Crippen molar-refractivity contribution in [3.63, 3.8) is 0 Å². The molecule has 0 spiro atoms. The summed E-state index contributed by atoms with van der Waals surface area (Å²) in [4.78, 5) is 3.52. The molecule has 2 N–H and O–H groups in total. The molecule has 9 heteroatoms. The molecule has 4 aromatic carbocycles. The number of methoxy groups -OCH3 is 1. The highest BCUT2D eigenvalue weighted by Crippen LogP contribution is 2.49. The maximum atomic E-state index is 14.5. The number of ether oxygens (including phenoxy) is 1. The van der Waals surface area contributed by atoms with Crippen molar-refractivity contribution in [1.82, 2.24) is 4.98 Å². The van der Waals surface area contributed by atoms with E-state index in [-0.39, 0.29) is 26.4 Å². The fourth-order valence-corrected chi connectivity index (χ4v) is 6.57. The van der Waals surface area contributed by atoms with E-state index in [0.717, 1.165) is 21.7 Å². The first-order valence-electron chi connectivity index (χ1n) is 11.8. The molecule has 38 heavy (non-hydrogen) atoms. The van der Waals surface area contributed by atoms with Crippen LogP contribution in [0.4, 0.5) is 11.4 Å². The van der Waals surface area contributed by atoms with E-state index < -0.39 is 15.4 Å². The summed E-state index contributed by atoms with van der Waals surface area (Å²) in [7, 11) is -2.75. The number of sulfonamides is 1. The number of phenolic OH excluding ortho intramolecular Hbond substituents is 1. The molecular formula is C29H26Cl2N2O4S. The zero-order valence-corrected chi connectivity index (χ0v) is 23.5. The van der Waals surface area contributed by atoms with Gasteiger partial charge in [-0.05, 0) is 47.2 Å². The van der Waals surface area contributed by atoms with Gasteiger partial charge in [0.2, 0.25) is 0 Å². The fraction of sp³-hybridized carbons (Fsp3) is 0.172. The molecule has 5 rings (SSSR count). The highest BCUT2D eigenvalue weighted by Gasteiger charge is 2.36. The predicted octanol–water partition coefficient (Wildman–Crippen LogP) is 8.17. The lowest BCUT2D eigenvalue weighted by molar-refractivity contribution is 0.414. The second-order valence-corrected chi connectivity index (χ2v) is 12.6. The number of nitrogens with one attached hydrogen (secondary N) is 1. The molecular weight excluding hydrogens is 543 g/mol. The number of aromatic nitrogens is 1. The quantitative estimate of drug-likeness (QED) is 0.224. The van der Waals surface area contributed by atoms with Gasteiger partial charge in [0.1, 0.15) is 11.5 Å². The molecule has 0 aliphatic heterocycles. The molecule has 1 heterocycles. The highest BCUT2D eigenvalue weighted by molar-refractivity contribution is 7.93. The largest absolute Gasteiger partial charge is 0.506 e. The van der Waals surface area contributed by atoms with Gasteiger partial charge in [-0.15, -0.1) is 0 Å². The Labute approximate surface area is 231 Å². The van der Waals surface area contributed by atoms with E-state index in [1.165, 1.54) is 35.7 Å². The normalized spacial score (nSPS) is 12.3. The molecule has 0 radical (unpaired) electrons. The van der Waals surface area contributed by atoms with Crippen LogP contribution in [0.25, 0.3) is 21.7 Å². The summed E-state index contributed by atoms with van der Waals surface area (Å²) < 4.78 is 35.6. The van der Waals surface area contributed by atoms with Crippen molar-refractivity contribution in [1.29, 1.82) is 0 Å². The average molecular weight is 570 g/mol. The van der Waals surface area contributed by atoms with Crippen molar-refractivity contribution in [2.45, 2.75) is 31.1 Å². The van der Waals surface area contributed by atoms with Crippen molar-refractivity contribution < 1.29 is 18.3 Å². The second-order valence-electron chi connectivity index (χ2n) is 10.0. The summed E-state index contributed by atoms with van der Waals surface area (Å²) in [5, 5.41) is 12.8. The molecule has 0 saturated heterocycles. The second kappa shape index (κ2) is 9.42. The number of benzene rings is 4. The van der Waals surface area contributed by atoms with E-state index >= 15 is 0 Å². The molecule has 0 fully saturated rings. The third-order valence-electron chi connectivity index (χ3n) is 6.45. The highest BCUT2D eigenvalue weighted by atomic mass is 35.5. The van der Waals surface area contributed by atoms with Crippen molar-refractivity contribution in [2.75, 3.05) is 11.4 Å². The van der Waals surface area contributed by atoms with Crippen LogP contribution in [0.3, 0.4) is 0 Å². The third kappa shape index (κ3) is 4.34. The van der Waals surface area contributed by atoms with Crippen LogP contribution >= 0.6 is 23.2 Å². The van der Waals surface area contributed by atoms with E-state index in [4.69, 9.17) is 27.9 Å². The summed E-state index contributed by atoms with van der Waals surface area (Å²) in [6.45, 7) is 6.02. The van der Waals surface area contributed by atoms with Crippen molar-refractivity contribution >= 4 is 66.3 Å². The van der Waals surface area contributed by atoms with Gasteiger partial charge in [0.15, 0.2) is 0 Å². The Morgan fingerprint density at radius 3 is 2.26 bits per heavy atom. The number of aromatic hydroxyl groups is 1. The molecule has 6 nitrogen and oxygen atoms in total. The first kappa shape index (κ1) is 26.2. The smallest absolute Gasteiger partial charge is 0.268 e. The Morgan fingerprint density at radius 1 is 0.921 bits per heavy atom. The molecule has 0 aliphatic carbocycles. The SMILES string of the molecule is COc1ccc(S(=O)(=O)N(c2cc(Cl)c(O)cc2Cl)c2c(C(C)(C)C)[nH]c3ccc4ccccc4c23)cc1. The number of hydrogen-bond donors (Lipinski definition) is 2. The van der Waals surface area contributed by atoms with Gasteiger partial charge in [-0.2, -0.15) is 0 Å². The minimum Gasteiger partial charge on any atom is -0.506 e. The van der Waals surface area contributed by atoms with Gasteiger partial charge in [0.05, 0.1) is 33.4 Å². The molecule has 0 atom stereocenters.